The minimum atomic E-state index is 0.0731. The second kappa shape index (κ2) is 8.44. The van der Waals surface area contributed by atoms with Crippen LogP contribution in [0.5, 0.6) is 0 Å². The average molecular weight is 332 g/mol. The maximum atomic E-state index is 12.2. The Morgan fingerprint density at radius 3 is 2.79 bits per heavy atom. The largest absolute Gasteiger partial charge is 0.383 e. The first-order chi connectivity index (χ1) is 11.8. The van der Waals surface area contributed by atoms with Crippen LogP contribution >= 0.6 is 0 Å². The molecule has 3 heterocycles. The van der Waals surface area contributed by atoms with Gasteiger partial charge in [-0.2, -0.15) is 0 Å². The van der Waals surface area contributed by atoms with E-state index in [2.05, 4.69) is 15.2 Å². The molecule has 0 aliphatic carbocycles. The van der Waals surface area contributed by atoms with Gasteiger partial charge >= 0.3 is 6.03 Å². The zero-order valence-electron chi connectivity index (χ0n) is 14.5. The van der Waals surface area contributed by atoms with Gasteiger partial charge in [-0.1, -0.05) is 6.07 Å². The van der Waals surface area contributed by atoms with Crippen LogP contribution < -0.4 is 5.32 Å². The Morgan fingerprint density at radius 2 is 2.12 bits per heavy atom. The predicted octanol–water partition coefficient (Wildman–Crippen LogP) is 1.55. The number of ether oxygens (including phenoxy) is 1. The lowest BCUT2D eigenvalue weighted by molar-refractivity contribution is 0.117. The molecule has 1 N–H and O–H groups in total. The number of hydrogen-bond donors (Lipinski definition) is 1. The predicted molar refractivity (Wildman–Crippen MR) is 93.0 cm³/mol. The summed E-state index contributed by atoms with van der Waals surface area (Å²) >= 11 is 0. The highest BCUT2D eigenvalue weighted by Crippen LogP contribution is 2.25. The van der Waals surface area contributed by atoms with E-state index < -0.39 is 0 Å². The quantitative estimate of drug-likeness (QED) is 0.859. The number of methoxy groups -OCH3 is 1. The van der Waals surface area contributed by atoms with E-state index in [1.54, 1.807) is 7.11 Å². The van der Waals surface area contributed by atoms with Crippen molar-refractivity contribution in [1.82, 2.24) is 20.1 Å². The van der Waals surface area contributed by atoms with Gasteiger partial charge in [0.25, 0.3) is 0 Å². The molecule has 2 amide bonds. The van der Waals surface area contributed by atoms with Gasteiger partial charge in [0.1, 0.15) is 0 Å². The van der Waals surface area contributed by atoms with E-state index in [4.69, 9.17) is 4.74 Å². The molecule has 0 spiro atoms. The van der Waals surface area contributed by atoms with E-state index in [9.17, 15) is 4.79 Å². The van der Waals surface area contributed by atoms with E-state index in [0.717, 1.165) is 64.4 Å². The van der Waals surface area contributed by atoms with Crippen molar-refractivity contribution in [1.29, 1.82) is 0 Å². The minimum Gasteiger partial charge on any atom is -0.383 e. The Morgan fingerprint density at radius 1 is 1.33 bits per heavy atom. The van der Waals surface area contributed by atoms with Gasteiger partial charge in [0, 0.05) is 51.1 Å². The summed E-state index contributed by atoms with van der Waals surface area (Å²) in [6.45, 7) is 6.37. The van der Waals surface area contributed by atoms with Crippen LogP contribution in [0.15, 0.2) is 24.4 Å². The second-order valence-electron chi connectivity index (χ2n) is 6.82. The summed E-state index contributed by atoms with van der Waals surface area (Å²) in [7, 11) is 1.75. The van der Waals surface area contributed by atoms with Crippen LogP contribution in [0.3, 0.4) is 0 Å². The van der Waals surface area contributed by atoms with Gasteiger partial charge in [0.15, 0.2) is 0 Å². The van der Waals surface area contributed by atoms with Gasteiger partial charge in [0.2, 0.25) is 0 Å². The van der Waals surface area contributed by atoms with E-state index in [0.29, 0.717) is 11.8 Å². The molecule has 0 unspecified atom stereocenters. The van der Waals surface area contributed by atoms with Crippen molar-refractivity contribution in [3.05, 3.63) is 30.1 Å². The van der Waals surface area contributed by atoms with Crippen LogP contribution in [-0.2, 0) is 4.74 Å². The van der Waals surface area contributed by atoms with Gasteiger partial charge in [-0.15, -0.1) is 0 Å². The number of rotatable bonds is 6. The number of piperidine rings is 1. The monoisotopic (exact) mass is 332 g/mol. The van der Waals surface area contributed by atoms with Crippen LogP contribution in [-0.4, -0.2) is 73.8 Å². The molecular formula is C18H28N4O2. The maximum absolute atomic E-state index is 12.2. The lowest BCUT2D eigenvalue weighted by atomic mass is 9.95. The number of nitrogens with zero attached hydrogens (tertiary/aromatic N) is 3. The normalized spacial score (nSPS) is 20.0. The molecule has 0 atom stereocenters. The molecule has 24 heavy (non-hydrogen) atoms. The number of nitrogens with one attached hydrogen (secondary N) is 1. The van der Waals surface area contributed by atoms with Gasteiger partial charge in [-0.3, -0.25) is 4.98 Å². The third kappa shape index (κ3) is 4.45. The van der Waals surface area contributed by atoms with Gasteiger partial charge < -0.3 is 19.9 Å². The van der Waals surface area contributed by atoms with Crippen LogP contribution in [0, 0.1) is 5.92 Å². The topological polar surface area (TPSA) is 57.7 Å². The van der Waals surface area contributed by atoms with Crippen molar-refractivity contribution >= 4 is 6.03 Å². The Kier molecular flexibility index (Phi) is 6.04. The van der Waals surface area contributed by atoms with Crippen LogP contribution in [0.25, 0.3) is 0 Å². The Balaban J connectivity index is 1.31. The van der Waals surface area contributed by atoms with E-state index in [-0.39, 0.29) is 6.03 Å². The molecule has 2 aliphatic rings. The molecule has 6 nitrogen and oxygen atoms in total. The molecule has 0 aromatic carbocycles. The zero-order chi connectivity index (χ0) is 16.8. The second-order valence-corrected chi connectivity index (χ2v) is 6.82. The van der Waals surface area contributed by atoms with Crippen LogP contribution in [0.2, 0.25) is 0 Å². The Labute approximate surface area is 144 Å². The van der Waals surface area contributed by atoms with Gasteiger partial charge in [0.05, 0.1) is 6.61 Å². The van der Waals surface area contributed by atoms with Crippen LogP contribution in [0.4, 0.5) is 4.79 Å². The van der Waals surface area contributed by atoms with Gasteiger partial charge in [-0.05, 0) is 44.0 Å². The first-order valence-electron chi connectivity index (χ1n) is 8.91. The molecule has 2 saturated heterocycles. The fourth-order valence-electron chi connectivity index (χ4n) is 3.43. The third-order valence-electron chi connectivity index (χ3n) is 5.14. The maximum Gasteiger partial charge on any atom is 0.317 e. The molecule has 0 saturated carbocycles. The zero-order valence-corrected chi connectivity index (χ0v) is 14.5. The van der Waals surface area contributed by atoms with Crippen molar-refractivity contribution in [3.8, 4) is 0 Å². The molecule has 6 heteroatoms. The number of aromatic nitrogens is 1. The molecule has 2 fully saturated rings. The lowest BCUT2D eigenvalue weighted by Crippen LogP contribution is -2.53. The van der Waals surface area contributed by atoms with Crippen molar-refractivity contribution in [3.63, 3.8) is 0 Å². The summed E-state index contributed by atoms with van der Waals surface area (Å²) in [5, 5.41) is 3.11. The molecular weight excluding hydrogens is 304 g/mol. The SMILES string of the molecule is COCCN1CCC(CNC(=O)N2CC(c3ccccn3)C2)CC1. The highest BCUT2D eigenvalue weighted by atomic mass is 16.5. The number of urea groups is 1. The fourth-order valence-corrected chi connectivity index (χ4v) is 3.43. The van der Waals surface area contributed by atoms with E-state index >= 15 is 0 Å². The number of carbonyl (C=O) groups is 1. The molecule has 2 aliphatic heterocycles. The lowest BCUT2D eigenvalue weighted by Gasteiger charge is -2.39. The van der Waals surface area contributed by atoms with Crippen molar-refractivity contribution in [2.24, 2.45) is 5.92 Å². The summed E-state index contributed by atoms with van der Waals surface area (Å²) in [6.07, 6.45) is 4.12. The fraction of sp³-hybridized carbons (Fsp3) is 0.667. The molecule has 0 bridgehead atoms. The average Bonchev–Trinajstić information content (AvgIpc) is 2.59. The molecule has 1 aromatic rings. The van der Waals surface area contributed by atoms with Crippen molar-refractivity contribution in [2.75, 3.05) is 53.0 Å². The van der Waals surface area contributed by atoms with Gasteiger partial charge in [-0.25, -0.2) is 4.79 Å². The third-order valence-corrected chi connectivity index (χ3v) is 5.14. The van der Waals surface area contributed by atoms with E-state index in [1.165, 1.54) is 0 Å². The highest BCUT2D eigenvalue weighted by Gasteiger charge is 2.32. The number of likely N-dealkylation sites (tertiary alicyclic amines) is 2. The molecule has 3 rings (SSSR count). The Hall–Kier alpha value is -1.66. The summed E-state index contributed by atoms with van der Waals surface area (Å²) in [6, 6.07) is 6.04. The first-order valence-corrected chi connectivity index (χ1v) is 8.91. The number of pyridine rings is 1. The standard InChI is InChI=1S/C18H28N4O2/c1-24-11-10-21-8-5-15(6-9-21)12-20-18(23)22-13-16(14-22)17-4-2-3-7-19-17/h2-4,7,15-16H,5-6,8-14H2,1H3,(H,20,23). The van der Waals surface area contributed by atoms with Crippen LogP contribution in [0.1, 0.15) is 24.5 Å². The Bertz CT molecular complexity index is 511. The summed E-state index contributed by atoms with van der Waals surface area (Å²) < 4.78 is 5.13. The number of amides is 2. The van der Waals surface area contributed by atoms with Crippen molar-refractivity contribution < 1.29 is 9.53 Å². The summed E-state index contributed by atoms with van der Waals surface area (Å²) in [5.41, 5.74) is 1.09. The summed E-state index contributed by atoms with van der Waals surface area (Å²) in [4.78, 5) is 20.9. The van der Waals surface area contributed by atoms with E-state index in [1.807, 2.05) is 29.3 Å². The summed E-state index contributed by atoms with van der Waals surface area (Å²) in [5.74, 6) is 0.988. The number of carbonyl (C=O) groups excluding carboxylic acids is 1. The highest BCUT2D eigenvalue weighted by molar-refractivity contribution is 5.75. The van der Waals surface area contributed by atoms with Crippen molar-refractivity contribution in [2.45, 2.75) is 18.8 Å². The number of hydrogen-bond acceptors (Lipinski definition) is 4. The molecule has 0 radical (unpaired) electrons. The smallest absolute Gasteiger partial charge is 0.317 e. The molecule has 1 aromatic heterocycles. The first kappa shape index (κ1) is 17.2. The minimum absolute atomic E-state index is 0.0731. The molecule has 132 valence electrons.